The molecule has 2 heterocycles. The molecule has 2 aromatic heterocycles. The monoisotopic (exact) mass is 268 g/mol. The second-order valence-electron chi connectivity index (χ2n) is 4.87. The van der Waals surface area contributed by atoms with Crippen molar-refractivity contribution in [1.29, 1.82) is 0 Å². The first-order valence-corrected chi connectivity index (χ1v) is 6.58. The van der Waals surface area contributed by atoms with Crippen molar-refractivity contribution < 1.29 is 0 Å². The van der Waals surface area contributed by atoms with Gasteiger partial charge < -0.3 is 5.32 Å². The summed E-state index contributed by atoms with van der Waals surface area (Å²) in [5, 5.41) is 14.9. The van der Waals surface area contributed by atoms with Crippen LogP contribution in [0.3, 0.4) is 0 Å². The lowest BCUT2D eigenvalue weighted by molar-refractivity contribution is 0.778. The number of aryl methyl sites for hydroxylation is 1. The summed E-state index contributed by atoms with van der Waals surface area (Å²) in [7, 11) is 0. The molecule has 3 rings (SSSR count). The Labute approximate surface area is 116 Å². The summed E-state index contributed by atoms with van der Waals surface area (Å²) >= 11 is 0. The van der Waals surface area contributed by atoms with Crippen LogP contribution in [-0.4, -0.2) is 31.6 Å². The molecule has 0 fully saturated rings. The van der Waals surface area contributed by atoms with Gasteiger partial charge in [-0.2, -0.15) is 4.52 Å². The molecule has 1 N–H and O–H groups in total. The van der Waals surface area contributed by atoms with Crippen LogP contribution in [0.15, 0.2) is 36.4 Å². The van der Waals surface area contributed by atoms with Gasteiger partial charge in [-0.1, -0.05) is 42.4 Å². The van der Waals surface area contributed by atoms with Crippen molar-refractivity contribution in [2.45, 2.75) is 19.8 Å². The van der Waals surface area contributed by atoms with Gasteiger partial charge in [0.25, 0.3) is 5.78 Å². The molecule has 1 aromatic carbocycles. The van der Waals surface area contributed by atoms with E-state index in [1.54, 1.807) is 4.52 Å². The minimum absolute atomic E-state index is 0.399. The van der Waals surface area contributed by atoms with E-state index in [0.29, 0.717) is 11.7 Å². The van der Waals surface area contributed by atoms with Crippen LogP contribution in [0.25, 0.3) is 5.78 Å². The van der Waals surface area contributed by atoms with Crippen molar-refractivity contribution >= 4 is 11.6 Å². The van der Waals surface area contributed by atoms with Crippen LogP contribution in [-0.2, 0) is 0 Å². The molecule has 0 spiro atoms. The normalized spacial score (nSPS) is 12.5. The van der Waals surface area contributed by atoms with Gasteiger partial charge in [-0.25, -0.2) is 4.98 Å². The second kappa shape index (κ2) is 5.24. The highest BCUT2D eigenvalue weighted by atomic mass is 15.5. The van der Waals surface area contributed by atoms with E-state index in [1.807, 2.05) is 19.1 Å². The first kappa shape index (κ1) is 12.5. The molecular weight excluding hydrogens is 252 g/mol. The van der Waals surface area contributed by atoms with Crippen molar-refractivity contribution in [1.82, 2.24) is 25.0 Å². The third kappa shape index (κ3) is 2.45. The average molecular weight is 268 g/mol. The molecule has 0 bridgehead atoms. The zero-order chi connectivity index (χ0) is 13.9. The van der Waals surface area contributed by atoms with Gasteiger partial charge in [0, 0.05) is 18.3 Å². The molecule has 3 aromatic rings. The molecule has 0 saturated heterocycles. The third-order valence-corrected chi connectivity index (χ3v) is 3.26. The highest BCUT2D eigenvalue weighted by Gasteiger charge is 2.09. The van der Waals surface area contributed by atoms with Crippen LogP contribution < -0.4 is 5.32 Å². The Hall–Kier alpha value is -2.50. The highest BCUT2D eigenvalue weighted by Crippen LogP contribution is 2.16. The lowest BCUT2D eigenvalue weighted by Gasteiger charge is -2.14. The number of nitrogens with zero attached hydrogens (tertiary/aromatic N) is 5. The Morgan fingerprint density at radius 1 is 1.25 bits per heavy atom. The molecule has 6 nitrogen and oxygen atoms in total. The summed E-state index contributed by atoms with van der Waals surface area (Å²) in [6, 6.07) is 12.4. The molecule has 102 valence electrons. The van der Waals surface area contributed by atoms with Gasteiger partial charge in [-0.3, -0.25) is 0 Å². The van der Waals surface area contributed by atoms with E-state index in [1.165, 1.54) is 5.56 Å². The topological polar surface area (TPSA) is 68.0 Å². The molecule has 0 unspecified atom stereocenters. The zero-order valence-electron chi connectivity index (χ0n) is 11.5. The molecular formula is C14H16N6. The van der Waals surface area contributed by atoms with Crippen LogP contribution in [0.4, 0.5) is 5.82 Å². The molecule has 0 radical (unpaired) electrons. The van der Waals surface area contributed by atoms with Gasteiger partial charge in [-0.05, 0) is 28.8 Å². The van der Waals surface area contributed by atoms with Gasteiger partial charge in [0.05, 0.1) is 0 Å². The van der Waals surface area contributed by atoms with Gasteiger partial charge in [0.2, 0.25) is 0 Å². The number of benzene rings is 1. The number of aromatic nitrogens is 5. The SMILES string of the molecule is Cc1cc(NC[C@@H](C)c2ccccc2)n2nnnc2n1. The molecule has 0 saturated carbocycles. The van der Waals surface area contributed by atoms with E-state index in [9.17, 15) is 0 Å². The number of hydrogen-bond donors (Lipinski definition) is 1. The smallest absolute Gasteiger partial charge is 0.275 e. The summed E-state index contributed by atoms with van der Waals surface area (Å²) < 4.78 is 1.62. The van der Waals surface area contributed by atoms with Crippen molar-refractivity contribution in [3.63, 3.8) is 0 Å². The maximum absolute atomic E-state index is 4.27. The van der Waals surface area contributed by atoms with Gasteiger partial charge in [0.1, 0.15) is 5.82 Å². The highest BCUT2D eigenvalue weighted by molar-refractivity contribution is 5.44. The van der Waals surface area contributed by atoms with Gasteiger partial charge >= 0.3 is 0 Å². The fourth-order valence-electron chi connectivity index (χ4n) is 2.14. The number of rotatable bonds is 4. The first-order valence-electron chi connectivity index (χ1n) is 6.58. The molecule has 1 atom stereocenters. The summed E-state index contributed by atoms with van der Waals surface area (Å²) in [6.45, 7) is 4.93. The number of hydrogen-bond acceptors (Lipinski definition) is 5. The summed E-state index contributed by atoms with van der Waals surface area (Å²) in [5.74, 6) is 1.77. The van der Waals surface area contributed by atoms with E-state index >= 15 is 0 Å². The Kier molecular flexibility index (Phi) is 3.28. The Morgan fingerprint density at radius 2 is 2.05 bits per heavy atom. The van der Waals surface area contributed by atoms with Crippen LogP contribution in [0.5, 0.6) is 0 Å². The molecule has 0 aliphatic rings. The largest absolute Gasteiger partial charge is 0.369 e. The van der Waals surface area contributed by atoms with Crippen LogP contribution in [0, 0.1) is 6.92 Å². The van der Waals surface area contributed by atoms with E-state index in [4.69, 9.17) is 0 Å². The molecule has 6 heteroatoms. The van der Waals surface area contributed by atoms with Crippen molar-refractivity contribution in [2.75, 3.05) is 11.9 Å². The minimum atomic E-state index is 0.399. The summed E-state index contributed by atoms with van der Waals surface area (Å²) in [5.41, 5.74) is 2.20. The number of tetrazole rings is 1. The Bertz CT molecular complexity index is 706. The lowest BCUT2D eigenvalue weighted by Crippen LogP contribution is -2.13. The summed E-state index contributed by atoms with van der Waals surface area (Å²) in [4.78, 5) is 4.27. The third-order valence-electron chi connectivity index (χ3n) is 3.26. The average Bonchev–Trinajstić information content (AvgIpc) is 2.93. The van der Waals surface area contributed by atoms with Gasteiger partial charge in [0.15, 0.2) is 0 Å². The molecule has 0 aliphatic carbocycles. The van der Waals surface area contributed by atoms with E-state index in [0.717, 1.165) is 18.1 Å². The zero-order valence-corrected chi connectivity index (χ0v) is 11.5. The molecule has 20 heavy (non-hydrogen) atoms. The summed E-state index contributed by atoms with van der Waals surface area (Å²) in [6.07, 6.45) is 0. The fraction of sp³-hybridized carbons (Fsp3) is 0.286. The molecule has 0 aliphatic heterocycles. The number of anilines is 1. The van der Waals surface area contributed by atoms with Crippen LogP contribution in [0.1, 0.15) is 24.1 Å². The lowest BCUT2D eigenvalue weighted by atomic mass is 10.0. The van der Waals surface area contributed by atoms with E-state index in [2.05, 4.69) is 57.0 Å². The fourth-order valence-corrected chi connectivity index (χ4v) is 2.14. The predicted molar refractivity (Wildman–Crippen MR) is 76.7 cm³/mol. The second-order valence-corrected chi connectivity index (χ2v) is 4.87. The number of nitrogens with one attached hydrogen (secondary N) is 1. The Balaban J connectivity index is 1.78. The van der Waals surface area contributed by atoms with Crippen LogP contribution in [0.2, 0.25) is 0 Å². The molecule has 0 amide bonds. The van der Waals surface area contributed by atoms with Crippen LogP contribution >= 0.6 is 0 Å². The standard InChI is InChI=1S/C14H16N6/c1-10(12-6-4-3-5-7-12)9-15-13-8-11(2)16-14-17-18-19-20(13)14/h3-8,10,15H,9H2,1-2H3/t10-/m1/s1. The van der Waals surface area contributed by atoms with E-state index < -0.39 is 0 Å². The quantitative estimate of drug-likeness (QED) is 0.784. The Morgan fingerprint density at radius 3 is 2.85 bits per heavy atom. The maximum atomic E-state index is 4.27. The predicted octanol–water partition coefficient (Wildman–Crippen LogP) is 2.04. The maximum Gasteiger partial charge on any atom is 0.275 e. The number of fused-ring (bicyclic) bond motifs is 1. The van der Waals surface area contributed by atoms with Crippen molar-refractivity contribution in [3.05, 3.63) is 47.7 Å². The van der Waals surface area contributed by atoms with E-state index in [-0.39, 0.29) is 0 Å². The van der Waals surface area contributed by atoms with Crippen molar-refractivity contribution in [3.8, 4) is 0 Å². The van der Waals surface area contributed by atoms with Crippen molar-refractivity contribution in [2.24, 2.45) is 0 Å². The van der Waals surface area contributed by atoms with Gasteiger partial charge in [-0.15, -0.1) is 0 Å². The first-order chi connectivity index (χ1) is 9.74. The minimum Gasteiger partial charge on any atom is -0.369 e.